The lowest BCUT2D eigenvalue weighted by Gasteiger charge is -2.14. The van der Waals surface area contributed by atoms with Gasteiger partial charge in [0.25, 0.3) is 5.56 Å². The predicted octanol–water partition coefficient (Wildman–Crippen LogP) is 3.93. The first-order chi connectivity index (χ1) is 13.0. The minimum absolute atomic E-state index is 0.149. The van der Waals surface area contributed by atoms with Gasteiger partial charge in [-0.25, -0.2) is 4.98 Å². The number of aromatic nitrogens is 5. The van der Waals surface area contributed by atoms with E-state index in [1.54, 1.807) is 18.3 Å². The van der Waals surface area contributed by atoms with Crippen LogP contribution in [-0.4, -0.2) is 24.5 Å². The molecule has 0 bridgehead atoms. The van der Waals surface area contributed by atoms with E-state index in [1.165, 1.54) is 12.8 Å². The molecule has 7 heteroatoms. The highest BCUT2D eigenvalue weighted by Gasteiger charge is 2.26. The third-order valence-corrected chi connectivity index (χ3v) is 5.05. The van der Waals surface area contributed by atoms with Gasteiger partial charge in [0.2, 0.25) is 0 Å². The van der Waals surface area contributed by atoms with Gasteiger partial charge in [0.05, 0.1) is 5.69 Å². The summed E-state index contributed by atoms with van der Waals surface area (Å²) in [5, 5.41) is 0. The van der Waals surface area contributed by atoms with Gasteiger partial charge in [0, 0.05) is 18.7 Å². The summed E-state index contributed by atoms with van der Waals surface area (Å²) in [4.78, 5) is 29.1. The summed E-state index contributed by atoms with van der Waals surface area (Å²) in [6.45, 7) is 6.90. The quantitative estimate of drug-likeness (QED) is 0.738. The Morgan fingerprint density at radius 1 is 1.30 bits per heavy atom. The zero-order valence-electron chi connectivity index (χ0n) is 16.0. The molecule has 0 spiro atoms. The number of rotatable bonds is 5. The van der Waals surface area contributed by atoms with Gasteiger partial charge in [-0.3, -0.25) is 14.8 Å². The molecule has 142 valence electrons. The first-order valence-electron chi connectivity index (χ1n) is 9.63. The van der Waals surface area contributed by atoms with Crippen LogP contribution in [0.5, 0.6) is 11.8 Å². The molecular formula is C20H25N5O2. The fourth-order valence-corrected chi connectivity index (χ4v) is 3.82. The number of nitrogens with one attached hydrogen (secondary N) is 1. The third kappa shape index (κ3) is 3.46. The van der Waals surface area contributed by atoms with Gasteiger partial charge >= 0.3 is 6.01 Å². The van der Waals surface area contributed by atoms with Crippen molar-refractivity contribution in [3.8, 4) is 11.8 Å². The van der Waals surface area contributed by atoms with E-state index in [4.69, 9.17) is 9.72 Å². The Labute approximate surface area is 157 Å². The van der Waals surface area contributed by atoms with E-state index in [9.17, 15) is 4.79 Å². The molecule has 1 saturated carbocycles. The number of hydrogen-bond donors (Lipinski definition) is 1. The number of ether oxygens (including phenoxy) is 1. The average Bonchev–Trinajstić information content (AvgIpc) is 3.25. The Balaban J connectivity index is 1.80. The first-order valence-corrected chi connectivity index (χ1v) is 9.63. The second-order valence-corrected chi connectivity index (χ2v) is 7.69. The molecule has 3 aromatic rings. The Hall–Kier alpha value is -2.70. The second-order valence-electron chi connectivity index (χ2n) is 7.69. The minimum Gasteiger partial charge on any atom is -0.424 e. The summed E-state index contributed by atoms with van der Waals surface area (Å²) in [7, 11) is 0. The highest BCUT2D eigenvalue weighted by molar-refractivity contribution is 5.71. The average molecular weight is 367 g/mol. The van der Waals surface area contributed by atoms with Crippen LogP contribution >= 0.6 is 0 Å². The maximum absolute atomic E-state index is 12.9. The van der Waals surface area contributed by atoms with Crippen LogP contribution in [0.3, 0.4) is 0 Å². The van der Waals surface area contributed by atoms with E-state index in [2.05, 4.69) is 33.4 Å². The number of aromatic amines is 1. The van der Waals surface area contributed by atoms with Crippen molar-refractivity contribution < 1.29 is 4.74 Å². The van der Waals surface area contributed by atoms with E-state index in [0.29, 0.717) is 28.7 Å². The summed E-state index contributed by atoms with van der Waals surface area (Å²) in [6, 6.07) is 3.73. The normalized spacial score (nSPS) is 15.1. The van der Waals surface area contributed by atoms with Crippen LogP contribution in [0, 0.1) is 12.8 Å². The molecular weight excluding hydrogens is 342 g/mol. The van der Waals surface area contributed by atoms with Crippen molar-refractivity contribution in [2.24, 2.45) is 5.92 Å². The van der Waals surface area contributed by atoms with Crippen LogP contribution in [-0.2, 0) is 6.54 Å². The summed E-state index contributed by atoms with van der Waals surface area (Å²) in [5.74, 6) is 2.37. The van der Waals surface area contributed by atoms with E-state index in [0.717, 1.165) is 30.9 Å². The summed E-state index contributed by atoms with van der Waals surface area (Å²) < 4.78 is 7.85. The Morgan fingerprint density at radius 3 is 2.78 bits per heavy atom. The van der Waals surface area contributed by atoms with Crippen LogP contribution in [0.4, 0.5) is 0 Å². The summed E-state index contributed by atoms with van der Waals surface area (Å²) in [5.41, 5.74) is 1.52. The number of imidazole rings is 1. The fourth-order valence-electron chi connectivity index (χ4n) is 3.82. The minimum atomic E-state index is -0.214. The Bertz CT molecular complexity index is 1010. The molecule has 1 N–H and O–H groups in total. The molecule has 0 saturated heterocycles. The molecule has 0 atom stereocenters. The number of nitrogens with zero attached hydrogens (tertiary/aromatic N) is 4. The Kier molecular flexibility index (Phi) is 4.68. The molecule has 27 heavy (non-hydrogen) atoms. The van der Waals surface area contributed by atoms with Gasteiger partial charge in [-0.05, 0) is 37.8 Å². The first kappa shape index (κ1) is 17.7. The van der Waals surface area contributed by atoms with Gasteiger partial charge < -0.3 is 9.30 Å². The van der Waals surface area contributed by atoms with Crippen LogP contribution < -0.4 is 10.3 Å². The van der Waals surface area contributed by atoms with Gasteiger partial charge in [-0.1, -0.05) is 26.7 Å². The van der Waals surface area contributed by atoms with Crippen molar-refractivity contribution >= 4 is 11.2 Å². The number of aryl methyl sites for hydroxylation is 1. The van der Waals surface area contributed by atoms with Crippen molar-refractivity contribution in [1.82, 2.24) is 24.5 Å². The number of fused-ring (bicyclic) bond motifs is 1. The van der Waals surface area contributed by atoms with Gasteiger partial charge in [0.1, 0.15) is 5.82 Å². The fraction of sp³-hybridized carbons (Fsp3) is 0.500. The van der Waals surface area contributed by atoms with Crippen LogP contribution in [0.1, 0.15) is 57.0 Å². The van der Waals surface area contributed by atoms with Gasteiger partial charge in [0.15, 0.2) is 16.9 Å². The SMILES string of the molecule is Cc1ncccc1Oc1nc2nc(C3CCCC3)n(CC(C)C)c2c(=O)[nH]1. The molecule has 0 aliphatic heterocycles. The third-order valence-electron chi connectivity index (χ3n) is 5.05. The van der Waals surface area contributed by atoms with Crippen LogP contribution in [0.15, 0.2) is 23.1 Å². The zero-order chi connectivity index (χ0) is 19.0. The maximum atomic E-state index is 12.9. The van der Waals surface area contributed by atoms with E-state index in [-0.39, 0.29) is 11.6 Å². The molecule has 0 amide bonds. The standard InChI is InChI=1S/C20H25N5O2/c1-12(2)11-25-16-17(22-18(25)14-7-4-5-8-14)23-20(24-19(16)26)27-15-9-6-10-21-13(15)3/h6,9-10,12,14H,4-5,7-8,11H2,1-3H3,(H,23,24,26). The monoisotopic (exact) mass is 367 g/mol. The summed E-state index contributed by atoms with van der Waals surface area (Å²) >= 11 is 0. The lowest BCUT2D eigenvalue weighted by Crippen LogP contribution is -2.17. The molecule has 3 aromatic heterocycles. The van der Waals surface area contributed by atoms with E-state index < -0.39 is 0 Å². The highest BCUT2D eigenvalue weighted by Crippen LogP contribution is 2.35. The lowest BCUT2D eigenvalue weighted by molar-refractivity contribution is 0.436. The zero-order valence-corrected chi connectivity index (χ0v) is 16.0. The largest absolute Gasteiger partial charge is 0.424 e. The van der Waals surface area contributed by atoms with E-state index >= 15 is 0 Å². The van der Waals surface area contributed by atoms with Crippen molar-refractivity contribution in [1.29, 1.82) is 0 Å². The van der Waals surface area contributed by atoms with E-state index in [1.807, 2.05) is 6.92 Å². The predicted molar refractivity (Wildman–Crippen MR) is 103 cm³/mol. The molecule has 3 heterocycles. The number of H-pyrrole nitrogens is 1. The molecule has 1 aliphatic carbocycles. The molecule has 0 unspecified atom stereocenters. The smallest absolute Gasteiger partial charge is 0.304 e. The molecule has 0 aromatic carbocycles. The Morgan fingerprint density at radius 2 is 2.07 bits per heavy atom. The van der Waals surface area contributed by atoms with Crippen molar-refractivity contribution in [2.75, 3.05) is 0 Å². The van der Waals surface area contributed by atoms with Crippen LogP contribution in [0.2, 0.25) is 0 Å². The van der Waals surface area contributed by atoms with Crippen molar-refractivity contribution in [3.05, 3.63) is 40.2 Å². The van der Waals surface area contributed by atoms with Gasteiger partial charge in [-0.2, -0.15) is 4.98 Å². The van der Waals surface area contributed by atoms with Crippen molar-refractivity contribution in [2.45, 2.75) is 58.9 Å². The topological polar surface area (TPSA) is 85.7 Å². The van der Waals surface area contributed by atoms with Gasteiger partial charge in [-0.15, -0.1) is 0 Å². The lowest BCUT2D eigenvalue weighted by atomic mass is 10.1. The molecule has 1 aliphatic rings. The molecule has 4 rings (SSSR count). The second kappa shape index (κ2) is 7.13. The van der Waals surface area contributed by atoms with Crippen molar-refractivity contribution in [3.63, 3.8) is 0 Å². The van der Waals surface area contributed by atoms with Crippen LogP contribution in [0.25, 0.3) is 11.2 Å². The molecule has 7 nitrogen and oxygen atoms in total. The number of pyridine rings is 1. The molecule has 0 radical (unpaired) electrons. The molecule has 1 fully saturated rings. The maximum Gasteiger partial charge on any atom is 0.304 e. The highest BCUT2D eigenvalue weighted by atomic mass is 16.5. The summed E-state index contributed by atoms with van der Waals surface area (Å²) in [6.07, 6.45) is 6.38. The number of hydrogen-bond acceptors (Lipinski definition) is 5.